The fourth-order valence-corrected chi connectivity index (χ4v) is 3.76. The molecule has 0 radical (unpaired) electrons. The summed E-state index contributed by atoms with van der Waals surface area (Å²) in [6, 6.07) is 13.9. The second-order valence-electron chi connectivity index (χ2n) is 5.54. The third-order valence-electron chi connectivity index (χ3n) is 4.14. The fourth-order valence-electron chi connectivity index (χ4n) is 2.93. The molecule has 6 nitrogen and oxygen atoms in total. The van der Waals surface area contributed by atoms with Crippen LogP contribution in [0.1, 0.15) is 0 Å². The van der Waals surface area contributed by atoms with Crippen LogP contribution in [0.5, 0.6) is 17.2 Å². The maximum absolute atomic E-state index is 5.47. The Morgan fingerprint density at radius 1 is 0.846 bits per heavy atom. The van der Waals surface area contributed by atoms with Crippen LogP contribution >= 0.6 is 11.3 Å². The summed E-state index contributed by atoms with van der Waals surface area (Å²) in [6.45, 7) is 0. The monoisotopic (exact) mass is 367 g/mol. The van der Waals surface area contributed by atoms with E-state index in [0.29, 0.717) is 17.2 Å². The topological polar surface area (TPSA) is 57.9 Å². The lowest BCUT2D eigenvalue weighted by molar-refractivity contribution is 0.324. The van der Waals surface area contributed by atoms with E-state index in [0.717, 1.165) is 27.6 Å². The molecule has 4 rings (SSSR count). The van der Waals surface area contributed by atoms with E-state index in [-0.39, 0.29) is 0 Å². The zero-order valence-corrected chi connectivity index (χ0v) is 15.4. The van der Waals surface area contributed by atoms with Gasteiger partial charge in [0.2, 0.25) is 10.7 Å². The highest BCUT2D eigenvalue weighted by Gasteiger charge is 2.19. The van der Waals surface area contributed by atoms with Crippen LogP contribution in [0.2, 0.25) is 0 Å². The molecular formula is C19H17N3O3S. The van der Waals surface area contributed by atoms with Gasteiger partial charge in [0.1, 0.15) is 0 Å². The molecule has 0 N–H and O–H groups in total. The lowest BCUT2D eigenvalue weighted by Crippen LogP contribution is -1.97. The number of aromatic nitrogens is 3. The zero-order valence-electron chi connectivity index (χ0n) is 14.6. The van der Waals surface area contributed by atoms with Crippen LogP contribution in [0, 0.1) is 0 Å². The van der Waals surface area contributed by atoms with Crippen LogP contribution in [-0.4, -0.2) is 35.9 Å². The van der Waals surface area contributed by atoms with Gasteiger partial charge in [-0.15, -0.1) is 21.5 Å². The molecular weight excluding hydrogens is 350 g/mol. The van der Waals surface area contributed by atoms with Crippen molar-refractivity contribution in [2.24, 2.45) is 0 Å². The van der Waals surface area contributed by atoms with E-state index in [9.17, 15) is 0 Å². The van der Waals surface area contributed by atoms with E-state index in [4.69, 9.17) is 14.2 Å². The molecule has 0 amide bonds. The third-order valence-corrected chi connectivity index (χ3v) is 4.96. The van der Waals surface area contributed by atoms with Crippen molar-refractivity contribution in [2.75, 3.05) is 21.3 Å². The molecule has 0 saturated carbocycles. The molecule has 2 aromatic heterocycles. The van der Waals surface area contributed by atoms with Gasteiger partial charge in [-0.2, -0.15) is 0 Å². The van der Waals surface area contributed by atoms with Gasteiger partial charge < -0.3 is 14.2 Å². The van der Waals surface area contributed by atoms with Crippen molar-refractivity contribution in [3.05, 3.63) is 47.8 Å². The number of fused-ring (bicyclic) bond motifs is 1. The Hall–Kier alpha value is -3.06. The molecule has 0 saturated heterocycles. The predicted octanol–water partition coefficient (Wildman–Crippen LogP) is 4.15. The second-order valence-corrected chi connectivity index (χ2v) is 6.38. The molecule has 7 heteroatoms. The van der Waals surface area contributed by atoms with Gasteiger partial charge in [-0.3, -0.25) is 4.40 Å². The lowest BCUT2D eigenvalue weighted by Gasteiger charge is -2.13. The van der Waals surface area contributed by atoms with Gasteiger partial charge in [0, 0.05) is 10.9 Å². The first-order chi connectivity index (χ1) is 12.8. The van der Waals surface area contributed by atoms with Gasteiger partial charge in [0.25, 0.3) is 0 Å². The van der Waals surface area contributed by atoms with Crippen molar-refractivity contribution >= 4 is 16.3 Å². The van der Waals surface area contributed by atoms with Crippen molar-refractivity contribution in [1.29, 1.82) is 0 Å². The summed E-state index contributed by atoms with van der Waals surface area (Å²) in [7, 11) is 4.78. The Balaban J connectivity index is 1.94. The smallest absolute Gasteiger partial charge is 0.216 e. The minimum atomic E-state index is 0.549. The first-order valence-electron chi connectivity index (χ1n) is 7.95. The zero-order chi connectivity index (χ0) is 18.1. The minimum Gasteiger partial charge on any atom is -0.493 e. The first-order valence-corrected chi connectivity index (χ1v) is 8.83. The molecule has 4 aromatic rings. The Labute approximate surface area is 154 Å². The molecule has 2 aromatic carbocycles. The summed E-state index contributed by atoms with van der Waals surface area (Å²) in [4.78, 5) is 0.826. The number of hydrogen-bond acceptors (Lipinski definition) is 6. The van der Waals surface area contributed by atoms with Crippen molar-refractivity contribution in [3.63, 3.8) is 0 Å². The standard InChI is InChI=1S/C19H17N3O3S/c1-23-15-9-13(10-16(24-2)17(15)25-3)18-20-21-19-22(18)14(11-26-19)12-7-5-4-6-8-12/h4-11H,1-3H3. The molecule has 0 unspecified atom stereocenters. The Morgan fingerprint density at radius 2 is 1.54 bits per heavy atom. The molecule has 26 heavy (non-hydrogen) atoms. The number of methoxy groups -OCH3 is 3. The predicted molar refractivity (Wildman–Crippen MR) is 101 cm³/mol. The minimum absolute atomic E-state index is 0.549. The van der Waals surface area contributed by atoms with Crippen molar-refractivity contribution < 1.29 is 14.2 Å². The Kier molecular flexibility index (Phi) is 4.22. The lowest BCUT2D eigenvalue weighted by atomic mass is 10.1. The van der Waals surface area contributed by atoms with Crippen LogP contribution in [0.4, 0.5) is 0 Å². The molecule has 0 fully saturated rings. The van der Waals surface area contributed by atoms with Crippen molar-refractivity contribution in [2.45, 2.75) is 0 Å². The second kappa shape index (κ2) is 6.68. The maximum Gasteiger partial charge on any atom is 0.216 e. The summed E-state index contributed by atoms with van der Waals surface area (Å²) in [5.41, 5.74) is 2.98. The summed E-state index contributed by atoms with van der Waals surface area (Å²) in [5.74, 6) is 2.43. The third kappa shape index (κ3) is 2.57. The van der Waals surface area contributed by atoms with Crippen LogP contribution < -0.4 is 14.2 Å². The molecule has 0 aliphatic heterocycles. The average Bonchev–Trinajstić information content (AvgIpc) is 3.29. The number of rotatable bonds is 5. The highest BCUT2D eigenvalue weighted by Crippen LogP contribution is 2.41. The average molecular weight is 367 g/mol. The summed E-state index contributed by atoms with van der Waals surface area (Å²) < 4.78 is 18.4. The molecule has 2 heterocycles. The van der Waals surface area contributed by atoms with Crippen molar-refractivity contribution in [3.8, 4) is 39.9 Å². The van der Waals surface area contributed by atoms with Gasteiger partial charge in [0.05, 0.1) is 27.0 Å². The quantitative estimate of drug-likeness (QED) is 0.530. The van der Waals surface area contributed by atoms with E-state index in [2.05, 4.69) is 27.7 Å². The SMILES string of the molecule is COc1cc(-c2nnc3scc(-c4ccccc4)n23)cc(OC)c1OC. The van der Waals surface area contributed by atoms with Crippen LogP contribution in [0.25, 0.3) is 27.6 Å². The van der Waals surface area contributed by atoms with Gasteiger partial charge in [0.15, 0.2) is 17.3 Å². The largest absolute Gasteiger partial charge is 0.493 e. The fraction of sp³-hybridized carbons (Fsp3) is 0.158. The molecule has 0 aliphatic carbocycles. The van der Waals surface area contributed by atoms with E-state index >= 15 is 0 Å². The normalized spacial score (nSPS) is 10.9. The highest BCUT2D eigenvalue weighted by molar-refractivity contribution is 7.15. The van der Waals surface area contributed by atoms with E-state index in [1.54, 1.807) is 32.7 Å². The van der Waals surface area contributed by atoms with Gasteiger partial charge in [-0.25, -0.2) is 0 Å². The van der Waals surface area contributed by atoms with Gasteiger partial charge in [-0.05, 0) is 17.7 Å². The van der Waals surface area contributed by atoms with Gasteiger partial charge in [-0.1, -0.05) is 30.3 Å². The number of ether oxygens (including phenoxy) is 3. The summed E-state index contributed by atoms with van der Waals surface area (Å²) in [5, 5.41) is 10.8. The van der Waals surface area contributed by atoms with Crippen molar-refractivity contribution in [1.82, 2.24) is 14.6 Å². The molecule has 0 atom stereocenters. The molecule has 0 aliphatic rings. The first kappa shape index (κ1) is 16.4. The molecule has 0 bridgehead atoms. The Bertz CT molecular complexity index is 1030. The molecule has 0 spiro atoms. The van der Waals surface area contributed by atoms with Crippen LogP contribution in [-0.2, 0) is 0 Å². The summed E-state index contributed by atoms with van der Waals surface area (Å²) in [6.07, 6.45) is 0. The summed E-state index contributed by atoms with van der Waals surface area (Å²) >= 11 is 1.55. The van der Waals surface area contributed by atoms with Gasteiger partial charge >= 0.3 is 0 Å². The van der Waals surface area contributed by atoms with E-state index in [1.165, 1.54) is 0 Å². The number of benzene rings is 2. The van der Waals surface area contributed by atoms with Crippen LogP contribution in [0.15, 0.2) is 47.8 Å². The number of thiazole rings is 1. The highest BCUT2D eigenvalue weighted by atomic mass is 32.1. The van der Waals surface area contributed by atoms with E-state index < -0.39 is 0 Å². The number of nitrogens with zero attached hydrogens (tertiary/aromatic N) is 3. The molecule has 132 valence electrons. The number of hydrogen-bond donors (Lipinski definition) is 0. The van der Waals surface area contributed by atoms with Crippen LogP contribution in [0.3, 0.4) is 0 Å². The Morgan fingerprint density at radius 3 is 2.15 bits per heavy atom. The maximum atomic E-state index is 5.47. The van der Waals surface area contributed by atoms with E-state index in [1.807, 2.05) is 34.7 Å².